The number of rotatable bonds is 5. The lowest BCUT2D eigenvalue weighted by Gasteiger charge is -2.29. The van der Waals surface area contributed by atoms with Crippen molar-refractivity contribution in [3.05, 3.63) is 65.5 Å². The van der Waals surface area contributed by atoms with E-state index in [1.165, 1.54) is 31.4 Å². The van der Waals surface area contributed by atoms with Crippen LogP contribution >= 0.6 is 12.2 Å². The molecule has 0 atom stereocenters. The highest BCUT2D eigenvalue weighted by atomic mass is 32.1. The van der Waals surface area contributed by atoms with Crippen molar-refractivity contribution < 1.29 is 28.2 Å². The van der Waals surface area contributed by atoms with Crippen molar-refractivity contribution in [3.8, 4) is 5.75 Å². The van der Waals surface area contributed by atoms with Gasteiger partial charge < -0.3 is 9.47 Å². The van der Waals surface area contributed by atoms with E-state index in [1.807, 2.05) is 0 Å². The zero-order valence-electron chi connectivity index (χ0n) is 15.2. The number of nitrogens with one attached hydrogen (secondary N) is 1. The summed E-state index contributed by atoms with van der Waals surface area (Å²) in [7, 11) is 1.25. The fourth-order valence-corrected chi connectivity index (χ4v) is 2.81. The van der Waals surface area contributed by atoms with Crippen molar-refractivity contribution in [1.29, 1.82) is 0 Å². The van der Waals surface area contributed by atoms with Gasteiger partial charge in [0.15, 0.2) is 11.7 Å². The number of thiocarbonyl (C=S) groups is 1. The Bertz CT molecular complexity index is 1020. The molecule has 1 saturated heterocycles. The number of para-hydroxylation sites is 1. The first-order valence-electron chi connectivity index (χ1n) is 8.36. The minimum absolute atomic E-state index is 0.0556. The van der Waals surface area contributed by atoms with Crippen LogP contribution in [0.1, 0.15) is 5.56 Å². The maximum absolute atomic E-state index is 14.1. The average molecular weight is 414 g/mol. The SMILES string of the molecule is COC(=O)COc1ccc(/C=C2\C(=O)NC(=S)N(c3ccccc3F)C2=O)cc1. The lowest BCUT2D eigenvalue weighted by atomic mass is 10.1. The highest BCUT2D eigenvalue weighted by Gasteiger charge is 2.35. The lowest BCUT2D eigenvalue weighted by molar-refractivity contribution is -0.143. The molecule has 0 bridgehead atoms. The van der Waals surface area contributed by atoms with Crippen LogP contribution in [0.3, 0.4) is 0 Å². The molecule has 0 aliphatic carbocycles. The van der Waals surface area contributed by atoms with Crippen LogP contribution in [0.2, 0.25) is 0 Å². The van der Waals surface area contributed by atoms with E-state index in [0.717, 1.165) is 4.90 Å². The number of hydrogen-bond acceptors (Lipinski definition) is 6. The number of esters is 1. The molecule has 1 aliphatic rings. The van der Waals surface area contributed by atoms with Crippen molar-refractivity contribution in [2.24, 2.45) is 0 Å². The van der Waals surface area contributed by atoms with Gasteiger partial charge in [0.2, 0.25) is 0 Å². The zero-order chi connectivity index (χ0) is 21.0. The van der Waals surface area contributed by atoms with Gasteiger partial charge in [0.1, 0.15) is 17.1 Å². The molecule has 0 saturated carbocycles. The van der Waals surface area contributed by atoms with Gasteiger partial charge in [0, 0.05) is 0 Å². The molecule has 9 heteroatoms. The second-order valence-corrected chi connectivity index (χ2v) is 6.23. The number of carbonyl (C=O) groups is 3. The van der Waals surface area contributed by atoms with Crippen LogP contribution in [0.5, 0.6) is 5.75 Å². The topological polar surface area (TPSA) is 84.9 Å². The average Bonchev–Trinajstić information content (AvgIpc) is 2.71. The minimum Gasteiger partial charge on any atom is -0.482 e. The number of benzene rings is 2. The predicted octanol–water partition coefficient (Wildman–Crippen LogP) is 2.21. The molecular weight excluding hydrogens is 399 g/mol. The standard InChI is InChI=1S/C20H15FN2O5S/c1-27-17(24)11-28-13-8-6-12(7-9-13)10-14-18(25)22-20(29)23(19(14)26)16-5-3-2-4-15(16)21/h2-10H,11H2,1H3,(H,22,25,29)/b14-10+. The van der Waals surface area contributed by atoms with Gasteiger partial charge in [-0.05, 0) is 48.1 Å². The van der Waals surface area contributed by atoms with E-state index in [4.69, 9.17) is 17.0 Å². The molecule has 29 heavy (non-hydrogen) atoms. The minimum atomic E-state index is -0.741. The third-order valence-electron chi connectivity index (χ3n) is 3.97. The van der Waals surface area contributed by atoms with Gasteiger partial charge in [-0.25, -0.2) is 14.1 Å². The van der Waals surface area contributed by atoms with Crippen LogP contribution in [-0.2, 0) is 19.1 Å². The van der Waals surface area contributed by atoms with Gasteiger partial charge in [0.25, 0.3) is 11.8 Å². The van der Waals surface area contributed by atoms with Gasteiger partial charge in [-0.2, -0.15) is 0 Å². The van der Waals surface area contributed by atoms with Gasteiger partial charge in [-0.3, -0.25) is 14.9 Å². The third-order valence-corrected chi connectivity index (χ3v) is 4.26. The summed E-state index contributed by atoms with van der Waals surface area (Å²) in [5.41, 5.74) is 0.264. The summed E-state index contributed by atoms with van der Waals surface area (Å²) < 4.78 is 23.9. The van der Waals surface area contributed by atoms with Gasteiger partial charge >= 0.3 is 5.97 Å². The van der Waals surface area contributed by atoms with E-state index in [0.29, 0.717) is 11.3 Å². The molecule has 1 aliphatic heterocycles. The molecule has 2 aromatic carbocycles. The number of nitrogens with zero attached hydrogens (tertiary/aromatic N) is 1. The fourth-order valence-electron chi connectivity index (χ4n) is 2.54. The van der Waals surface area contributed by atoms with Crippen LogP contribution in [0.25, 0.3) is 6.08 Å². The zero-order valence-corrected chi connectivity index (χ0v) is 16.0. The van der Waals surface area contributed by atoms with E-state index in [1.54, 1.807) is 30.3 Å². The molecule has 0 aromatic heterocycles. The number of amides is 2. The van der Waals surface area contributed by atoms with Crippen LogP contribution in [0.15, 0.2) is 54.1 Å². The largest absolute Gasteiger partial charge is 0.482 e. The van der Waals surface area contributed by atoms with Crippen molar-refractivity contribution in [2.75, 3.05) is 18.6 Å². The predicted molar refractivity (Wildman–Crippen MR) is 107 cm³/mol. The summed E-state index contributed by atoms with van der Waals surface area (Å²) in [6.45, 7) is -0.243. The molecule has 148 valence electrons. The molecule has 1 N–H and O–H groups in total. The Balaban J connectivity index is 1.85. The highest BCUT2D eigenvalue weighted by Crippen LogP contribution is 2.25. The number of anilines is 1. The molecule has 1 fully saturated rings. The molecule has 0 unspecified atom stereocenters. The highest BCUT2D eigenvalue weighted by molar-refractivity contribution is 7.80. The Morgan fingerprint density at radius 1 is 1.17 bits per heavy atom. The van der Waals surface area contributed by atoms with Crippen LogP contribution in [0, 0.1) is 5.82 Å². The van der Waals surface area contributed by atoms with Crippen molar-refractivity contribution >= 4 is 46.9 Å². The molecule has 2 aromatic rings. The molecule has 0 spiro atoms. The Hall–Kier alpha value is -3.59. The second-order valence-electron chi connectivity index (χ2n) is 5.84. The summed E-state index contributed by atoms with van der Waals surface area (Å²) >= 11 is 5.04. The van der Waals surface area contributed by atoms with E-state index < -0.39 is 23.6 Å². The smallest absolute Gasteiger partial charge is 0.343 e. The Morgan fingerprint density at radius 3 is 2.52 bits per heavy atom. The van der Waals surface area contributed by atoms with Gasteiger partial charge in [-0.15, -0.1) is 0 Å². The molecule has 0 radical (unpaired) electrons. The first kappa shape index (κ1) is 20.2. The van der Waals surface area contributed by atoms with Gasteiger partial charge in [-0.1, -0.05) is 24.3 Å². The quantitative estimate of drug-likeness (QED) is 0.350. The third kappa shape index (κ3) is 4.46. The fraction of sp³-hybridized carbons (Fsp3) is 0.100. The first-order chi connectivity index (χ1) is 13.9. The summed E-state index contributed by atoms with van der Waals surface area (Å²) in [6.07, 6.45) is 1.36. The summed E-state index contributed by atoms with van der Waals surface area (Å²) in [5.74, 6) is -2.18. The van der Waals surface area contributed by atoms with Crippen LogP contribution < -0.4 is 15.0 Å². The Kier molecular flexibility index (Phi) is 5.99. The van der Waals surface area contributed by atoms with Crippen molar-refractivity contribution in [3.63, 3.8) is 0 Å². The maximum Gasteiger partial charge on any atom is 0.343 e. The molecule has 7 nitrogen and oxygen atoms in total. The van der Waals surface area contributed by atoms with E-state index in [9.17, 15) is 18.8 Å². The number of hydrogen-bond donors (Lipinski definition) is 1. The number of carbonyl (C=O) groups excluding carboxylic acids is 3. The van der Waals surface area contributed by atoms with Gasteiger partial charge in [0.05, 0.1) is 12.8 Å². The normalized spacial score (nSPS) is 15.3. The number of halogens is 1. The molecule has 3 rings (SSSR count). The van der Waals surface area contributed by atoms with Crippen LogP contribution in [-0.4, -0.2) is 36.6 Å². The number of ether oxygens (including phenoxy) is 2. The van der Waals surface area contributed by atoms with E-state index >= 15 is 0 Å². The van der Waals surface area contributed by atoms with Crippen molar-refractivity contribution in [2.45, 2.75) is 0 Å². The second kappa shape index (κ2) is 8.61. The first-order valence-corrected chi connectivity index (χ1v) is 8.77. The molecule has 2 amide bonds. The maximum atomic E-state index is 14.1. The van der Waals surface area contributed by atoms with Crippen molar-refractivity contribution in [1.82, 2.24) is 5.32 Å². The monoisotopic (exact) mass is 414 g/mol. The summed E-state index contributed by atoms with van der Waals surface area (Å²) in [6, 6.07) is 12.0. The Labute approximate surface area is 170 Å². The molecular formula is C20H15FN2O5S. The van der Waals surface area contributed by atoms with Crippen LogP contribution in [0.4, 0.5) is 10.1 Å². The molecule has 1 heterocycles. The summed E-state index contributed by atoms with van der Waals surface area (Å²) in [5, 5.41) is 2.19. The number of methoxy groups -OCH3 is 1. The van der Waals surface area contributed by atoms with E-state index in [-0.39, 0.29) is 23.0 Å². The van der Waals surface area contributed by atoms with E-state index in [2.05, 4.69) is 10.1 Å². The summed E-state index contributed by atoms with van der Waals surface area (Å²) in [4.78, 5) is 37.2. The Morgan fingerprint density at radius 2 is 1.86 bits per heavy atom. The lowest BCUT2D eigenvalue weighted by Crippen LogP contribution is -2.54.